The van der Waals surface area contributed by atoms with Gasteiger partial charge < -0.3 is 5.32 Å². The molecule has 0 fully saturated rings. The maximum absolute atomic E-state index is 12.9. The molecule has 0 saturated carbocycles. The van der Waals surface area contributed by atoms with E-state index >= 15 is 0 Å². The highest BCUT2D eigenvalue weighted by Crippen LogP contribution is 2.34. The summed E-state index contributed by atoms with van der Waals surface area (Å²) in [6.45, 7) is 5.15. The lowest BCUT2D eigenvalue weighted by molar-refractivity contribution is -0.115. The van der Waals surface area contributed by atoms with E-state index in [4.69, 9.17) is 0 Å². The zero-order chi connectivity index (χ0) is 19.8. The average molecular weight is 367 g/mol. The first-order chi connectivity index (χ1) is 12.7. The fourth-order valence-electron chi connectivity index (χ4n) is 3.26. The molecular formula is C20H21N3O4. The molecule has 0 radical (unpaired) electrons. The quantitative estimate of drug-likeness (QED) is 0.870. The Bertz CT molecular complexity index is 990. The predicted molar refractivity (Wildman–Crippen MR) is 102 cm³/mol. The largest absolute Gasteiger partial charge is 0.317 e. The molecule has 0 saturated heterocycles. The van der Waals surface area contributed by atoms with Crippen molar-refractivity contribution in [3.63, 3.8) is 0 Å². The minimum Gasteiger partial charge on any atom is -0.317 e. The highest BCUT2D eigenvalue weighted by atomic mass is 16.2. The third-order valence-electron chi connectivity index (χ3n) is 4.44. The van der Waals surface area contributed by atoms with Crippen molar-refractivity contribution >= 4 is 23.3 Å². The Balaban J connectivity index is 2.10. The maximum atomic E-state index is 12.9. The fourth-order valence-corrected chi connectivity index (χ4v) is 3.26. The molecule has 0 unspecified atom stereocenters. The van der Waals surface area contributed by atoms with E-state index in [0.717, 1.165) is 4.68 Å². The van der Waals surface area contributed by atoms with Gasteiger partial charge in [0.15, 0.2) is 5.78 Å². The number of carbonyl (C=O) groups is 3. The number of hydrogen-bond acceptors (Lipinski definition) is 4. The van der Waals surface area contributed by atoms with E-state index in [0.29, 0.717) is 29.7 Å². The highest BCUT2D eigenvalue weighted by molar-refractivity contribution is 6.05. The Labute approximate surface area is 156 Å². The lowest BCUT2D eigenvalue weighted by Gasteiger charge is -2.32. The Kier molecular flexibility index (Phi) is 4.70. The first-order valence-corrected chi connectivity index (χ1v) is 8.64. The molecule has 1 aromatic carbocycles. The summed E-state index contributed by atoms with van der Waals surface area (Å²) in [7, 11) is 0. The van der Waals surface area contributed by atoms with Crippen LogP contribution in [-0.2, 0) is 11.2 Å². The van der Waals surface area contributed by atoms with E-state index in [1.807, 2.05) is 13.8 Å². The molecule has 2 N–H and O–H groups in total. The average Bonchev–Trinajstić information content (AvgIpc) is 2.59. The summed E-state index contributed by atoms with van der Waals surface area (Å²) >= 11 is 0. The van der Waals surface area contributed by atoms with Crippen molar-refractivity contribution in [1.29, 1.82) is 0 Å². The van der Waals surface area contributed by atoms with E-state index in [1.54, 1.807) is 30.3 Å². The third kappa shape index (κ3) is 3.81. The molecule has 3 rings (SSSR count). The number of benzene rings is 1. The smallest absolute Gasteiger partial charge is 0.293 e. The Hall–Kier alpha value is -3.22. The Morgan fingerprint density at radius 1 is 1.07 bits per heavy atom. The number of rotatable bonds is 3. The van der Waals surface area contributed by atoms with Crippen LogP contribution in [0.4, 0.5) is 5.69 Å². The van der Waals surface area contributed by atoms with Gasteiger partial charge in [-0.05, 0) is 30.0 Å². The summed E-state index contributed by atoms with van der Waals surface area (Å²) < 4.78 is 1.08. The lowest BCUT2D eigenvalue weighted by Crippen LogP contribution is -2.41. The van der Waals surface area contributed by atoms with Crippen LogP contribution in [0, 0.1) is 5.41 Å². The molecule has 1 aliphatic rings. The number of amides is 2. The number of Topliss-reactive ketones (excluding diaryl/α,β-unsaturated/α-hetero) is 1. The number of nitrogens with one attached hydrogen (secondary N) is 2. The summed E-state index contributed by atoms with van der Waals surface area (Å²) in [4.78, 5) is 49.5. The molecule has 2 amide bonds. The van der Waals surface area contributed by atoms with Crippen molar-refractivity contribution in [2.75, 3.05) is 10.7 Å². The van der Waals surface area contributed by atoms with Gasteiger partial charge in [0.1, 0.15) is 5.69 Å². The first kappa shape index (κ1) is 18.6. The molecule has 0 atom stereocenters. The van der Waals surface area contributed by atoms with Gasteiger partial charge in [-0.25, -0.2) is 4.68 Å². The van der Waals surface area contributed by atoms with E-state index in [-0.39, 0.29) is 16.9 Å². The maximum Gasteiger partial charge on any atom is 0.293 e. The van der Waals surface area contributed by atoms with Crippen LogP contribution in [0.5, 0.6) is 0 Å². The lowest BCUT2D eigenvalue weighted by atomic mass is 9.75. The monoisotopic (exact) mass is 367 g/mol. The summed E-state index contributed by atoms with van der Waals surface area (Å²) in [5, 5.41) is 2.56. The number of ketones is 1. The van der Waals surface area contributed by atoms with E-state index < -0.39 is 17.4 Å². The van der Waals surface area contributed by atoms with Crippen LogP contribution in [0.15, 0.2) is 41.2 Å². The number of nitrogens with zero attached hydrogens (tertiary/aromatic N) is 1. The van der Waals surface area contributed by atoms with E-state index in [1.165, 1.54) is 13.0 Å². The van der Waals surface area contributed by atoms with Gasteiger partial charge in [0.2, 0.25) is 5.91 Å². The topological polar surface area (TPSA) is 97.3 Å². The zero-order valence-electron chi connectivity index (χ0n) is 15.5. The Morgan fingerprint density at radius 2 is 1.74 bits per heavy atom. The minimum absolute atomic E-state index is 0.0515. The molecule has 1 heterocycles. The second-order valence-electron chi connectivity index (χ2n) is 7.49. The number of anilines is 1. The normalized spacial score (nSPS) is 15.0. The van der Waals surface area contributed by atoms with E-state index in [9.17, 15) is 19.2 Å². The summed E-state index contributed by atoms with van der Waals surface area (Å²) in [5.74, 6) is -1.04. The van der Waals surface area contributed by atoms with Crippen molar-refractivity contribution in [2.24, 2.45) is 5.41 Å². The van der Waals surface area contributed by atoms with E-state index in [2.05, 4.69) is 10.7 Å². The van der Waals surface area contributed by atoms with Gasteiger partial charge in [0.25, 0.3) is 11.5 Å². The molecule has 7 heteroatoms. The van der Waals surface area contributed by atoms with Gasteiger partial charge in [-0.2, -0.15) is 0 Å². The molecule has 1 aromatic heterocycles. The molecular weight excluding hydrogens is 346 g/mol. The van der Waals surface area contributed by atoms with Gasteiger partial charge in [0, 0.05) is 24.5 Å². The minimum atomic E-state index is -0.585. The van der Waals surface area contributed by atoms with Crippen LogP contribution < -0.4 is 16.3 Å². The van der Waals surface area contributed by atoms with Crippen molar-refractivity contribution in [3.8, 4) is 0 Å². The molecule has 140 valence electrons. The van der Waals surface area contributed by atoms with Crippen molar-refractivity contribution in [3.05, 3.63) is 63.6 Å². The summed E-state index contributed by atoms with van der Waals surface area (Å²) in [5.41, 5.74) is 2.69. The molecule has 2 aromatic rings. The number of pyridine rings is 1. The van der Waals surface area contributed by atoms with Gasteiger partial charge >= 0.3 is 0 Å². The third-order valence-corrected chi connectivity index (χ3v) is 4.44. The molecule has 27 heavy (non-hydrogen) atoms. The van der Waals surface area contributed by atoms with Gasteiger partial charge in [-0.1, -0.05) is 32.0 Å². The van der Waals surface area contributed by atoms with Gasteiger partial charge in [-0.15, -0.1) is 0 Å². The molecule has 0 spiro atoms. The molecule has 0 bridgehead atoms. The summed E-state index contributed by atoms with van der Waals surface area (Å²) in [6.07, 6.45) is 0.779. The van der Waals surface area contributed by atoms with Crippen molar-refractivity contribution in [1.82, 2.24) is 4.68 Å². The van der Waals surface area contributed by atoms with Crippen LogP contribution >= 0.6 is 0 Å². The zero-order valence-corrected chi connectivity index (χ0v) is 15.5. The molecule has 7 nitrogen and oxygen atoms in total. The van der Waals surface area contributed by atoms with Crippen LogP contribution in [0.1, 0.15) is 53.6 Å². The standard InChI is InChI=1S/C20H21N3O4/c1-12(24)22-23-16-10-20(2,3)11-17(25)14(16)9-15(19(23)27)21-18(26)13-7-5-4-6-8-13/h4-9H,10-11H2,1-3H3,(H,21,26)(H,22,24). The van der Waals surface area contributed by atoms with Crippen LogP contribution in [0.25, 0.3) is 0 Å². The SMILES string of the molecule is CC(=O)Nn1c2c(cc(NC(=O)c3ccccc3)c1=O)C(=O)CC(C)(C)C2. The second kappa shape index (κ2) is 6.83. The fraction of sp³-hybridized carbons (Fsp3) is 0.300. The molecule has 1 aliphatic carbocycles. The van der Waals surface area contributed by atoms with Gasteiger partial charge in [-0.3, -0.25) is 24.6 Å². The second-order valence-corrected chi connectivity index (χ2v) is 7.49. The van der Waals surface area contributed by atoms with Gasteiger partial charge in [0.05, 0.1) is 5.69 Å². The summed E-state index contributed by atoms with van der Waals surface area (Å²) in [6, 6.07) is 9.85. The molecule has 0 aliphatic heterocycles. The van der Waals surface area contributed by atoms with Crippen LogP contribution in [0.2, 0.25) is 0 Å². The number of hydrogen-bond donors (Lipinski definition) is 2. The van der Waals surface area contributed by atoms with Crippen LogP contribution in [-0.4, -0.2) is 22.3 Å². The predicted octanol–water partition coefficient (Wildman–Crippen LogP) is 2.35. The highest BCUT2D eigenvalue weighted by Gasteiger charge is 2.34. The first-order valence-electron chi connectivity index (χ1n) is 8.64. The number of aromatic nitrogens is 1. The Morgan fingerprint density at radius 3 is 2.37 bits per heavy atom. The number of carbonyl (C=O) groups excluding carboxylic acids is 3. The van der Waals surface area contributed by atoms with Crippen LogP contribution in [0.3, 0.4) is 0 Å². The van der Waals surface area contributed by atoms with Crippen molar-refractivity contribution in [2.45, 2.75) is 33.6 Å². The van der Waals surface area contributed by atoms with Crippen molar-refractivity contribution < 1.29 is 14.4 Å². The number of fused-ring (bicyclic) bond motifs is 1.